The normalized spacial score (nSPS) is 18.3. The molecule has 0 spiro atoms. The lowest BCUT2D eigenvalue weighted by Gasteiger charge is -2.21. The standard InChI is InChI=1S/C15H18N4O3/c1-9(2)19-13-10(8-17-19)6-11(7-16-13)14(20)18-5-3-4-12(18)15(21)22/h6-9,12H,3-5H2,1-2H3,(H,21,22). The third-order valence-corrected chi connectivity index (χ3v) is 3.97. The Morgan fingerprint density at radius 2 is 2.14 bits per heavy atom. The number of carbonyl (C=O) groups is 2. The van der Waals surface area contributed by atoms with Crippen LogP contribution in [0.4, 0.5) is 0 Å². The number of carboxylic acid groups (broad SMARTS) is 1. The van der Waals surface area contributed by atoms with Crippen LogP contribution in [0.25, 0.3) is 11.0 Å². The smallest absolute Gasteiger partial charge is 0.326 e. The van der Waals surface area contributed by atoms with E-state index in [4.69, 9.17) is 0 Å². The monoisotopic (exact) mass is 302 g/mol. The second-order valence-electron chi connectivity index (χ2n) is 5.81. The Morgan fingerprint density at radius 1 is 1.36 bits per heavy atom. The van der Waals surface area contributed by atoms with Crippen molar-refractivity contribution in [2.75, 3.05) is 6.54 Å². The summed E-state index contributed by atoms with van der Waals surface area (Å²) in [7, 11) is 0. The maximum atomic E-state index is 12.5. The number of fused-ring (bicyclic) bond motifs is 1. The molecule has 1 amide bonds. The maximum Gasteiger partial charge on any atom is 0.326 e. The first-order valence-electron chi connectivity index (χ1n) is 7.36. The lowest BCUT2D eigenvalue weighted by molar-refractivity contribution is -0.141. The van der Waals surface area contributed by atoms with Gasteiger partial charge in [-0.05, 0) is 32.8 Å². The molecule has 1 atom stereocenters. The van der Waals surface area contributed by atoms with Crippen LogP contribution < -0.4 is 0 Å². The molecule has 0 radical (unpaired) electrons. The summed E-state index contributed by atoms with van der Waals surface area (Å²) in [5.74, 6) is -1.23. The molecule has 0 saturated carbocycles. The summed E-state index contributed by atoms with van der Waals surface area (Å²) in [6.07, 6.45) is 4.39. The van der Waals surface area contributed by atoms with Crippen molar-refractivity contribution < 1.29 is 14.7 Å². The van der Waals surface area contributed by atoms with Crippen LogP contribution in [-0.2, 0) is 4.79 Å². The number of rotatable bonds is 3. The van der Waals surface area contributed by atoms with Crippen molar-refractivity contribution in [1.29, 1.82) is 0 Å². The van der Waals surface area contributed by atoms with Crippen molar-refractivity contribution in [2.45, 2.75) is 38.8 Å². The van der Waals surface area contributed by atoms with E-state index in [1.54, 1.807) is 16.9 Å². The number of aromatic nitrogens is 3. The van der Waals surface area contributed by atoms with E-state index in [2.05, 4.69) is 10.1 Å². The van der Waals surface area contributed by atoms with Gasteiger partial charge in [0.05, 0.1) is 11.8 Å². The minimum Gasteiger partial charge on any atom is -0.480 e. The highest BCUT2D eigenvalue weighted by molar-refractivity contribution is 5.99. The average molecular weight is 302 g/mol. The number of carbonyl (C=O) groups excluding carboxylic acids is 1. The number of amides is 1. The summed E-state index contributed by atoms with van der Waals surface area (Å²) in [4.78, 5) is 29.5. The number of carboxylic acids is 1. The van der Waals surface area contributed by atoms with Crippen molar-refractivity contribution in [3.05, 3.63) is 24.0 Å². The van der Waals surface area contributed by atoms with E-state index in [0.717, 1.165) is 11.0 Å². The molecule has 1 aliphatic rings. The van der Waals surface area contributed by atoms with Gasteiger partial charge in [-0.15, -0.1) is 0 Å². The van der Waals surface area contributed by atoms with Gasteiger partial charge in [0.15, 0.2) is 5.65 Å². The van der Waals surface area contributed by atoms with Gasteiger partial charge in [0.2, 0.25) is 0 Å². The van der Waals surface area contributed by atoms with Crippen LogP contribution >= 0.6 is 0 Å². The Bertz CT molecular complexity index is 737. The van der Waals surface area contributed by atoms with Crippen molar-refractivity contribution in [3.63, 3.8) is 0 Å². The number of hydrogen-bond acceptors (Lipinski definition) is 4. The molecule has 3 heterocycles. The Kier molecular flexibility index (Phi) is 3.56. The van der Waals surface area contributed by atoms with E-state index in [1.165, 1.54) is 11.1 Å². The van der Waals surface area contributed by atoms with Gasteiger partial charge in [-0.1, -0.05) is 0 Å². The molecule has 0 aliphatic carbocycles. The van der Waals surface area contributed by atoms with Gasteiger partial charge in [0.25, 0.3) is 5.91 Å². The molecule has 1 fully saturated rings. The van der Waals surface area contributed by atoms with Crippen molar-refractivity contribution in [2.24, 2.45) is 0 Å². The molecule has 0 bridgehead atoms. The summed E-state index contributed by atoms with van der Waals surface area (Å²) in [6, 6.07) is 1.18. The number of hydrogen-bond donors (Lipinski definition) is 1. The van der Waals surface area contributed by atoms with Crippen LogP contribution in [-0.4, -0.2) is 49.2 Å². The topological polar surface area (TPSA) is 88.3 Å². The molecular weight excluding hydrogens is 284 g/mol. The molecule has 3 rings (SSSR count). The summed E-state index contributed by atoms with van der Waals surface area (Å²) in [5, 5.41) is 14.2. The molecular formula is C15H18N4O3. The molecule has 1 aliphatic heterocycles. The van der Waals surface area contributed by atoms with Gasteiger partial charge in [-0.2, -0.15) is 5.10 Å². The highest BCUT2D eigenvalue weighted by atomic mass is 16.4. The zero-order valence-corrected chi connectivity index (χ0v) is 12.6. The zero-order chi connectivity index (χ0) is 15.9. The van der Waals surface area contributed by atoms with Crippen LogP contribution in [0.2, 0.25) is 0 Å². The Morgan fingerprint density at radius 3 is 2.82 bits per heavy atom. The van der Waals surface area contributed by atoms with Gasteiger partial charge in [-0.3, -0.25) is 4.79 Å². The minimum atomic E-state index is -0.951. The second kappa shape index (κ2) is 5.40. The van der Waals surface area contributed by atoms with E-state index in [-0.39, 0.29) is 11.9 Å². The summed E-state index contributed by atoms with van der Waals surface area (Å²) in [5.41, 5.74) is 1.13. The molecule has 116 valence electrons. The van der Waals surface area contributed by atoms with E-state index in [9.17, 15) is 14.7 Å². The summed E-state index contributed by atoms with van der Waals surface area (Å²) >= 11 is 0. The average Bonchev–Trinajstić information content (AvgIpc) is 3.12. The third kappa shape index (κ3) is 2.32. The van der Waals surface area contributed by atoms with E-state index in [0.29, 0.717) is 24.9 Å². The fourth-order valence-electron chi connectivity index (χ4n) is 2.87. The largest absolute Gasteiger partial charge is 0.480 e. The van der Waals surface area contributed by atoms with Crippen LogP contribution in [0.15, 0.2) is 18.5 Å². The van der Waals surface area contributed by atoms with Crippen molar-refractivity contribution in [1.82, 2.24) is 19.7 Å². The zero-order valence-electron chi connectivity index (χ0n) is 12.6. The molecule has 7 nitrogen and oxygen atoms in total. The number of pyridine rings is 1. The van der Waals surface area contributed by atoms with E-state index >= 15 is 0 Å². The van der Waals surface area contributed by atoms with E-state index < -0.39 is 12.0 Å². The maximum absolute atomic E-state index is 12.5. The lowest BCUT2D eigenvalue weighted by atomic mass is 10.2. The molecule has 1 saturated heterocycles. The lowest BCUT2D eigenvalue weighted by Crippen LogP contribution is -2.40. The second-order valence-corrected chi connectivity index (χ2v) is 5.81. The van der Waals surface area contributed by atoms with Gasteiger partial charge in [0, 0.05) is 24.2 Å². The predicted molar refractivity (Wildman–Crippen MR) is 79.6 cm³/mol. The first-order valence-corrected chi connectivity index (χ1v) is 7.36. The minimum absolute atomic E-state index is 0.182. The molecule has 1 N–H and O–H groups in total. The first kappa shape index (κ1) is 14.5. The SMILES string of the molecule is CC(C)n1ncc2cc(C(=O)N3CCCC3C(=O)O)cnc21. The van der Waals surface area contributed by atoms with Gasteiger partial charge >= 0.3 is 5.97 Å². The van der Waals surface area contributed by atoms with Crippen molar-refractivity contribution in [3.8, 4) is 0 Å². The fraction of sp³-hybridized carbons (Fsp3) is 0.467. The van der Waals surface area contributed by atoms with Gasteiger partial charge < -0.3 is 10.0 Å². The Labute approximate surface area is 127 Å². The van der Waals surface area contributed by atoms with Crippen LogP contribution in [0, 0.1) is 0 Å². The molecule has 2 aromatic heterocycles. The fourth-order valence-corrected chi connectivity index (χ4v) is 2.87. The third-order valence-electron chi connectivity index (χ3n) is 3.97. The van der Waals surface area contributed by atoms with Crippen LogP contribution in [0.1, 0.15) is 43.1 Å². The number of nitrogens with zero attached hydrogens (tertiary/aromatic N) is 4. The van der Waals surface area contributed by atoms with Crippen LogP contribution in [0.3, 0.4) is 0 Å². The Balaban J connectivity index is 1.93. The highest BCUT2D eigenvalue weighted by Crippen LogP contribution is 2.22. The predicted octanol–water partition coefficient (Wildman–Crippen LogP) is 1.70. The molecule has 7 heteroatoms. The van der Waals surface area contributed by atoms with E-state index in [1.807, 2.05) is 13.8 Å². The van der Waals surface area contributed by atoms with Gasteiger partial charge in [0.1, 0.15) is 6.04 Å². The molecule has 1 unspecified atom stereocenters. The van der Waals surface area contributed by atoms with Crippen LogP contribution in [0.5, 0.6) is 0 Å². The number of aliphatic carboxylic acids is 1. The number of likely N-dealkylation sites (tertiary alicyclic amines) is 1. The van der Waals surface area contributed by atoms with Gasteiger partial charge in [-0.25, -0.2) is 14.5 Å². The first-order chi connectivity index (χ1) is 10.5. The molecule has 22 heavy (non-hydrogen) atoms. The highest BCUT2D eigenvalue weighted by Gasteiger charge is 2.34. The molecule has 0 aromatic carbocycles. The molecule has 2 aromatic rings. The Hall–Kier alpha value is -2.44. The summed E-state index contributed by atoms with van der Waals surface area (Å²) < 4.78 is 1.79. The van der Waals surface area contributed by atoms with Crippen molar-refractivity contribution >= 4 is 22.9 Å². The summed E-state index contributed by atoms with van der Waals surface area (Å²) in [6.45, 7) is 4.49. The quantitative estimate of drug-likeness (QED) is 0.932.